The summed E-state index contributed by atoms with van der Waals surface area (Å²) >= 11 is 0. The average Bonchev–Trinajstić information content (AvgIpc) is 3.26. The van der Waals surface area contributed by atoms with Gasteiger partial charge >= 0.3 is 0 Å². The molecule has 1 aromatic heterocycles. The number of carbonyl (C=O) groups excluding carboxylic acids is 1. The molecule has 0 fully saturated rings. The van der Waals surface area contributed by atoms with Crippen molar-refractivity contribution < 1.29 is 13.2 Å². The van der Waals surface area contributed by atoms with Crippen LogP contribution in [0.1, 0.15) is 34.5 Å². The maximum Gasteiger partial charge on any atom is 0.293 e. The summed E-state index contributed by atoms with van der Waals surface area (Å²) in [6.07, 6.45) is 0.447. The van der Waals surface area contributed by atoms with E-state index in [2.05, 4.69) is 10.1 Å². The van der Waals surface area contributed by atoms with Crippen molar-refractivity contribution in [1.29, 1.82) is 0 Å². The molecule has 9 heteroatoms. The summed E-state index contributed by atoms with van der Waals surface area (Å²) in [6, 6.07) is 25.5. The van der Waals surface area contributed by atoms with Crippen LogP contribution < -0.4 is 5.14 Å². The standard InChI is InChI=1S/C25H25N5O3S/c1-2-29(18-20-11-7-4-8-12-20)25(31)24-27-23(17-19-9-5-3-6-10-19)30(28-24)21-13-15-22(16-14-21)34(26,32)33/h3-16H,2,17-18H2,1H3,(H2,26,32,33). The van der Waals surface area contributed by atoms with Crippen molar-refractivity contribution in [2.24, 2.45) is 5.14 Å². The van der Waals surface area contributed by atoms with E-state index in [9.17, 15) is 13.2 Å². The van der Waals surface area contributed by atoms with Crippen LogP contribution in [-0.2, 0) is 23.0 Å². The Morgan fingerprint density at radius 1 is 0.912 bits per heavy atom. The van der Waals surface area contributed by atoms with Gasteiger partial charge in [-0.15, -0.1) is 5.10 Å². The minimum Gasteiger partial charge on any atom is -0.332 e. The molecule has 0 spiro atoms. The molecule has 0 radical (unpaired) electrons. The van der Waals surface area contributed by atoms with Gasteiger partial charge in [0.05, 0.1) is 10.6 Å². The van der Waals surface area contributed by atoms with Gasteiger partial charge in [-0.1, -0.05) is 60.7 Å². The monoisotopic (exact) mass is 475 g/mol. The summed E-state index contributed by atoms with van der Waals surface area (Å²) in [6.45, 7) is 2.86. The average molecular weight is 476 g/mol. The van der Waals surface area contributed by atoms with Crippen LogP contribution in [0.15, 0.2) is 89.8 Å². The first-order valence-corrected chi connectivity index (χ1v) is 12.4. The van der Waals surface area contributed by atoms with Gasteiger partial charge in [0.25, 0.3) is 5.91 Å². The second-order valence-corrected chi connectivity index (χ2v) is 9.33. The van der Waals surface area contributed by atoms with E-state index in [-0.39, 0.29) is 16.6 Å². The Bertz CT molecular complexity index is 1370. The van der Waals surface area contributed by atoms with Gasteiger partial charge in [0.2, 0.25) is 15.8 Å². The van der Waals surface area contributed by atoms with Crippen molar-refractivity contribution in [3.63, 3.8) is 0 Å². The molecular weight excluding hydrogens is 450 g/mol. The lowest BCUT2D eigenvalue weighted by molar-refractivity contribution is 0.0740. The van der Waals surface area contributed by atoms with E-state index in [0.717, 1.165) is 11.1 Å². The third-order valence-electron chi connectivity index (χ3n) is 5.37. The van der Waals surface area contributed by atoms with Crippen molar-refractivity contribution in [3.8, 4) is 5.69 Å². The van der Waals surface area contributed by atoms with E-state index < -0.39 is 10.0 Å². The Labute approximate surface area is 198 Å². The van der Waals surface area contributed by atoms with Crippen molar-refractivity contribution in [2.75, 3.05) is 6.54 Å². The highest BCUT2D eigenvalue weighted by Gasteiger charge is 2.22. The molecule has 174 valence electrons. The molecule has 0 unspecified atom stereocenters. The summed E-state index contributed by atoms with van der Waals surface area (Å²) in [5.41, 5.74) is 2.60. The van der Waals surface area contributed by atoms with Gasteiger partial charge in [0, 0.05) is 19.5 Å². The predicted molar refractivity (Wildman–Crippen MR) is 129 cm³/mol. The van der Waals surface area contributed by atoms with E-state index in [4.69, 9.17) is 5.14 Å². The molecule has 3 aromatic carbocycles. The quantitative estimate of drug-likeness (QED) is 0.421. The number of hydrogen-bond acceptors (Lipinski definition) is 5. The van der Waals surface area contributed by atoms with Gasteiger partial charge < -0.3 is 4.90 Å². The zero-order valence-corrected chi connectivity index (χ0v) is 19.5. The smallest absolute Gasteiger partial charge is 0.293 e. The molecule has 8 nitrogen and oxygen atoms in total. The second-order valence-electron chi connectivity index (χ2n) is 7.77. The van der Waals surface area contributed by atoms with E-state index in [1.54, 1.807) is 21.7 Å². The van der Waals surface area contributed by atoms with Crippen LogP contribution in [0.5, 0.6) is 0 Å². The number of nitrogens with two attached hydrogens (primary N) is 1. The number of rotatable bonds is 8. The number of aromatic nitrogens is 3. The number of benzene rings is 3. The van der Waals surface area contributed by atoms with Crippen LogP contribution in [-0.4, -0.2) is 40.5 Å². The molecule has 4 rings (SSSR count). The third-order valence-corrected chi connectivity index (χ3v) is 6.29. The zero-order valence-electron chi connectivity index (χ0n) is 18.7. The first kappa shape index (κ1) is 23.3. The lowest BCUT2D eigenvalue weighted by Crippen LogP contribution is -2.31. The van der Waals surface area contributed by atoms with Crippen LogP contribution in [0.25, 0.3) is 5.69 Å². The van der Waals surface area contributed by atoms with E-state index >= 15 is 0 Å². The fourth-order valence-corrected chi connectivity index (χ4v) is 4.10. The van der Waals surface area contributed by atoms with Crippen LogP contribution >= 0.6 is 0 Å². The van der Waals surface area contributed by atoms with Gasteiger partial charge in [-0.25, -0.2) is 23.2 Å². The molecule has 0 atom stereocenters. The van der Waals surface area contributed by atoms with Crippen molar-refractivity contribution >= 4 is 15.9 Å². The Hall–Kier alpha value is -3.82. The van der Waals surface area contributed by atoms with Crippen LogP contribution in [0.2, 0.25) is 0 Å². The normalized spacial score (nSPS) is 11.4. The third kappa shape index (κ3) is 5.38. The Balaban J connectivity index is 1.70. The highest BCUT2D eigenvalue weighted by molar-refractivity contribution is 7.89. The molecule has 34 heavy (non-hydrogen) atoms. The minimum atomic E-state index is -3.82. The summed E-state index contributed by atoms with van der Waals surface area (Å²) in [5.74, 6) is 0.369. The number of nitrogens with zero attached hydrogens (tertiary/aromatic N) is 4. The summed E-state index contributed by atoms with van der Waals surface area (Å²) in [7, 11) is -3.82. The molecule has 2 N–H and O–H groups in total. The molecule has 0 saturated carbocycles. The maximum atomic E-state index is 13.3. The molecule has 0 aliphatic heterocycles. The molecule has 0 aliphatic carbocycles. The largest absolute Gasteiger partial charge is 0.332 e. The molecule has 0 aliphatic rings. The first-order valence-electron chi connectivity index (χ1n) is 10.8. The predicted octanol–water partition coefficient (Wildman–Crippen LogP) is 3.17. The van der Waals surface area contributed by atoms with Gasteiger partial charge in [0.1, 0.15) is 5.82 Å². The maximum absolute atomic E-state index is 13.3. The van der Waals surface area contributed by atoms with E-state index in [1.165, 1.54) is 12.1 Å². The fourth-order valence-electron chi connectivity index (χ4n) is 3.58. The lowest BCUT2D eigenvalue weighted by atomic mass is 10.1. The van der Waals surface area contributed by atoms with Gasteiger partial charge in [-0.3, -0.25) is 4.79 Å². The second kappa shape index (κ2) is 9.98. The SMILES string of the molecule is CCN(Cc1ccccc1)C(=O)c1nc(Cc2ccccc2)n(-c2ccc(S(N)(=O)=O)cc2)n1. The highest BCUT2D eigenvalue weighted by atomic mass is 32.2. The van der Waals surface area contributed by atoms with Gasteiger partial charge in [-0.05, 0) is 42.3 Å². The molecular formula is C25H25N5O3S. The highest BCUT2D eigenvalue weighted by Crippen LogP contribution is 2.18. The Morgan fingerprint density at radius 3 is 2.06 bits per heavy atom. The van der Waals surface area contributed by atoms with E-state index in [1.807, 2.05) is 67.6 Å². The topological polar surface area (TPSA) is 111 Å². The van der Waals surface area contributed by atoms with Gasteiger partial charge in [0.15, 0.2) is 0 Å². The number of sulfonamides is 1. The summed E-state index contributed by atoms with van der Waals surface area (Å²) < 4.78 is 24.8. The fraction of sp³-hybridized carbons (Fsp3) is 0.160. The molecule has 1 amide bonds. The lowest BCUT2D eigenvalue weighted by Gasteiger charge is -2.19. The van der Waals surface area contributed by atoms with Crippen LogP contribution in [0, 0.1) is 0 Å². The summed E-state index contributed by atoms with van der Waals surface area (Å²) in [4.78, 5) is 19.6. The number of amides is 1. The molecule has 1 heterocycles. The number of carbonyl (C=O) groups is 1. The molecule has 0 bridgehead atoms. The zero-order chi connectivity index (χ0) is 24.1. The van der Waals surface area contributed by atoms with Gasteiger partial charge in [-0.2, -0.15) is 0 Å². The number of hydrogen-bond donors (Lipinski definition) is 1. The first-order chi connectivity index (χ1) is 16.3. The van der Waals surface area contributed by atoms with Crippen LogP contribution in [0.4, 0.5) is 0 Å². The van der Waals surface area contributed by atoms with E-state index in [0.29, 0.717) is 31.0 Å². The summed E-state index contributed by atoms with van der Waals surface area (Å²) in [5, 5.41) is 9.73. The molecule has 4 aromatic rings. The molecule has 0 saturated heterocycles. The van der Waals surface area contributed by atoms with Crippen molar-refractivity contribution in [1.82, 2.24) is 19.7 Å². The minimum absolute atomic E-state index is 0.00251. The van der Waals surface area contributed by atoms with Crippen LogP contribution in [0.3, 0.4) is 0 Å². The van der Waals surface area contributed by atoms with Crippen molar-refractivity contribution in [2.45, 2.75) is 24.8 Å². The number of primary sulfonamides is 1. The van der Waals surface area contributed by atoms with Crippen molar-refractivity contribution in [3.05, 3.63) is 108 Å². The Kier molecular flexibility index (Phi) is 6.85. The Morgan fingerprint density at radius 2 is 1.50 bits per heavy atom.